The smallest absolute Gasteiger partial charge is 0.193 e. The van der Waals surface area contributed by atoms with Gasteiger partial charge in [-0.2, -0.15) is 5.26 Å². The van der Waals surface area contributed by atoms with Crippen molar-refractivity contribution in [2.75, 3.05) is 5.32 Å². The molecule has 0 unspecified atom stereocenters. The van der Waals surface area contributed by atoms with Gasteiger partial charge in [-0.3, -0.25) is 0 Å². The van der Waals surface area contributed by atoms with Gasteiger partial charge in [0.05, 0.1) is 12.2 Å². The van der Waals surface area contributed by atoms with Crippen molar-refractivity contribution in [3.8, 4) is 6.07 Å². The second-order valence-electron chi connectivity index (χ2n) is 3.33. The Balaban J connectivity index is 2.14. The highest BCUT2D eigenvalue weighted by molar-refractivity contribution is 6.28. The molecule has 86 valence electrons. The van der Waals surface area contributed by atoms with Crippen LogP contribution in [0.3, 0.4) is 0 Å². The Morgan fingerprint density at radius 2 is 2.18 bits per heavy atom. The summed E-state index contributed by atoms with van der Waals surface area (Å²) in [5.74, 6) is 0.0677. The van der Waals surface area contributed by atoms with Gasteiger partial charge >= 0.3 is 0 Å². The molecule has 2 rings (SSSR count). The Labute approximate surface area is 102 Å². The third kappa shape index (κ3) is 2.58. The molecule has 3 nitrogen and oxygen atoms in total. The Hall–Kier alpha value is -1.99. The van der Waals surface area contributed by atoms with Crippen molar-refractivity contribution in [2.45, 2.75) is 6.54 Å². The van der Waals surface area contributed by atoms with Crippen LogP contribution in [0.4, 0.5) is 10.1 Å². The average molecular weight is 251 g/mol. The van der Waals surface area contributed by atoms with Crippen LogP contribution in [0.25, 0.3) is 0 Å². The first-order valence-corrected chi connectivity index (χ1v) is 5.25. The highest BCUT2D eigenvalue weighted by Gasteiger charge is 2.07. The number of benzene rings is 1. The van der Waals surface area contributed by atoms with Crippen LogP contribution in [0, 0.1) is 17.1 Å². The Kier molecular flexibility index (Phi) is 3.31. The third-order valence-electron chi connectivity index (χ3n) is 2.21. The van der Waals surface area contributed by atoms with Crippen molar-refractivity contribution in [1.29, 1.82) is 5.26 Å². The molecule has 0 bridgehead atoms. The normalized spacial score (nSPS) is 9.94. The molecule has 5 heteroatoms. The zero-order chi connectivity index (χ0) is 12.3. The summed E-state index contributed by atoms with van der Waals surface area (Å²) in [7, 11) is 0. The number of rotatable bonds is 3. The van der Waals surface area contributed by atoms with E-state index >= 15 is 0 Å². The summed E-state index contributed by atoms with van der Waals surface area (Å²) in [6.45, 7) is 0.338. The molecule has 1 heterocycles. The number of halogens is 2. The number of nitrogens with one attached hydrogen (secondary N) is 1. The van der Waals surface area contributed by atoms with Crippen molar-refractivity contribution < 1.29 is 8.81 Å². The molecule has 1 aromatic heterocycles. The Morgan fingerprint density at radius 1 is 1.35 bits per heavy atom. The quantitative estimate of drug-likeness (QED) is 0.906. The summed E-state index contributed by atoms with van der Waals surface area (Å²) in [5.41, 5.74) is 0.421. The molecule has 1 aromatic carbocycles. The van der Waals surface area contributed by atoms with E-state index in [2.05, 4.69) is 5.32 Å². The van der Waals surface area contributed by atoms with E-state index < -0.39 is 5.82 Å². The average Bonchev–Trinajstić information content (AvgIpc) is 2.72. The molecule has 0 radical (unpaired) electrons. The highest BCUT2D eigenvalue weighted by atomic mass is 35.5. The molecule has 0 fully saturated rings. The molecule has 0 aliphatic heterocycles. The van der Waals surface area contributed by atoms with Crippen LogP contribution in [0.5, 0.6) is 0 Å². The number of nitrogens with zero attached hydrogens (tertiary/aromatic N) is 1. The lowest BCUT2D eigenvalue weighted by molar-refractivity contribution is 0.520. The number of anilines is 1. The first-order valence-electron chi connectivity index (χ1n) is 4.87. The van der Waals surface area contributed by atoms with E-state index in [0.717, 1.165) is 0 Å². The minimum atomic E-state index is -0.546. The van der Waals surface area contributed by atoms with Gasteiger partial charge in [-0.25, -0.2) is 4.39 Å². The van der Waals surface area contributed by atoms with E-state index in [0.29, 0.717) is 23.2 Å². The number of hydrogen-bond acceptors (Lipinski definition) is 3. The van der Waals surface area contributed by atoms with Gasteiger partial charge in [0.25, 0.3) is 0 Å². The van der Waals surface area contributed by atoms with E-state index in [1.165, 1.54) is 12.1 Å². The standard InChI is InChI=1S/C12H8ClFN2O/c13-12-5-4-8(17-12)7-16-11-3-1-2-10(14)9(11)6-15/h1-5,16H,7H2. The first kappa shape index (κ1) is 11.5. The zero-order valence-corrected chi connectivity index (χ0v) is 9.46. The van der Waals surface area contributed by atoms with Gasteiger partial charge in [0, 0.05) is 0 Å². The van der Waals surface area contributed by atoms with Gasteiger partial charge < -0.3 is 9.73 Å². The molecular weight excluding hydrogens is 243 g/mol. The maximum atomic E-state index is 13.3. The fourth-order valence-electron chi connectivity index (χ4n) is 1.41. The number of nitriles is 1. The molecule has 0 saturated heterocycles. The van der Waals surface area contributed by atoms with Crippen molar-refractivity contribution in [3.63, 3.8) is 0 Å². The predicted molar refractivity (Wildman–Crippen MR) is 62.2 cm³/mol. The van der Waals surface area contributed by atoms with Crippen molar-refractivity contribution in [3.05, 3.63) is 52.7 Å². The SMILES string of the molecule is N#Cc1c(F)cccc1NCc1ccc(Cl)o1. The van der Waals surface area contributed by atoms with Gasteiger partial charge in [0.1, 0.15) is 23.2 Å². The van der Waals surface area contributed by atoms with Crippen LogP contribution < -0.4 is 5.32 Å². The van der Waals surface area contributed by atoms with Crippen molar-refractivity contribution >= 4 is 17.3 Å². The molecule has 17 heavy (non-hydrogen) atoms. The zero-order valence-electron chi connectivity index (χ0n) is 8.71. The minimum absolute atomic E-state index is 0.00912. The number of furan rings is 1. The van der Waals surface area contributed by atoms with E-state index in [9.17, 15) is 4.39 Å². The van der Waals surface area contributed by atoms with Crippen molar-refractivity contribution in [1.82, 2.24) is 0 Å². The fourth-order valence-corrected chi connectivity index (χ4v) is 1.58. The van der Waals surface area contributed by atoms with E-state index in [-0.39, 0.29) is 5.56 Å². The molecule has 0 saturated carbocycles. The van der Waals surface area contributed by atoms with E-state index in [4.69, 9.17) is 21.3 Å². The van der Waals surface area contributed by atoms with Crippen LogP contribution in [-0.4, -0.2) is 0 Å². The van der Waals surface area contributed by atoms with Crippen molar-refractivity contribution in [2.24, 2.45) is 0 Å². The van der Waals surface area contributed by atoms with Gasteiger partial charge in [-0.1, -0.05) is 6.07 Å². The summed E-state index contributed by atoms with van der Waals surface area (Å²) in [4.78, 5) is 0. The second-order valence-corrected chi connectivity index (χ2v) is 3.71. The second kappa shape index (κ2) is 4.89. The van der Waals surface area contributed by atoms with Crippen LogP contribution in [0.15, 0.2) is 34.7 Å². The third-order valence-corrected chi connectivity index (χ3v) is 2.41. The summed E-state index contributed by atoms with van der Waals surface area (Å²) >= 11 is 5.62. The molecule has 0 spiro atoms. The summed E-state index contributed by atoms with van der Waals surface area (Å²) in [6, 6.07) is 9.55. The lowest BCUT2D eigenvalue weighted by atomic mass is 10.2. The predicted octanol–water partition coefficient (Wildman–Crippen LogP) is 3.56. The Bertz CT molecular complexity index is 574. The fraction of sp³-hybridized carbons (Fsp3) is 0.0833. The first-order chi connectivity index (χ1) is 8.20. The van der Waals surface area contributed by atoms with Crippen LogP contribution in [0.2, 0.25) is 5.22 Å². The summed E-state index contributed by atoms with van der Waals surface area (Å²) < 4.78 is 18.4. The van der Waals surface area contributed by atoms with E-state index in [1.54, 1.807) is 18.2 Å². The molecular formula is C12H8ClFN2O. The van der Waals surface area contributed by atoms with Crippen LogP contribution in [0.1, 0.15) is 11.3 Å². The molecule has 0 aliphatic carbocycles. The lowest BCUT2D eigenvalue weighted by Gasteiger charge is -2.06. The molecule has 0 atom stereocenters. The van der Waals surface area contributed by atoms with Gasteiger partial charge in [-0.05, 0) is 35.9 Å². The molecule has 1 N–H and O–H groups in total. The van der Waals surface area contributed by atoms with Gasteiger partial charge in [0.15, 0.2) is 5.22 Å². The highest BCUT2D eigenvalue weighted by Crippen LogP contribution is 2.20. The maximum Gasteiger partial charge on any atom is 0.193 e. The molecule has 0 aliphatic rings. The number of hydrogen-bond donors (Lipinski definition) is 1. The Morgan fingerprint density at radius 3 is 2.82 bits per heavy atom. The molecule has 0 amide bonds. The van der Waals surface area contributed by atoms with Crippen LogP contribution >= 0.6 is 11.6 Å². The minimum Gasteiger partial charge on any atom is -0.448 e. The summed E-state index contributed by atoms with van der Waals surface area (Å²) in [6.07, 6.45) is 0. The maximum absolute atomic E-state index is 13.3. The van der Waals surface area contributed by atoms with Crippen LogP contribution in [-0.2, 0) is 6.54 Å². The monoisotopic (exact) mass is 250 g/mol. The lowest BCUT2D eigenvalue weighted by Crippen LogP contribution is -2.01. The molecule has 2 aromatic rings. The largest absolute Gasteiger partial charge is 0.448 e. The van der Waals surface area contributed by atoms with Gasteiger partial charge in [0.2, 0.25) is 0 Å². The van der Waals surface area contributed by atoms with E-state index in [1.807, 2.05) is 6.07 Å². The topological polar surface area (TPSA) is 49.0 Å². The summed E-state index contributed by atoms with van der Waals surface area (Å²) in [5, 5.41) is 12.0. The van der Waals surface area contributed by atoms with Gasteiger partial charge in [-0.15, -0.1) is 0 Å².